The first-order chi connectivity index (χ1) is 9.84. The summed E-state index contributed by atoms with van der Waals surface area (Å²) in [6.07, 6.45) is 3.53. The van der Waals surface area contributed by atoms with E-state index in [0.717, 1.165) is 37.6 Å². The van der Waals surface area contributed by atoms with Gasteiger partial charge < -0.3 is 15.0 Å². The molecule has 1 aliphatic rings. The second-order valence-electron chi connectivity index (χ2n) is 4.61. The van der Waals surface area contributed by atoms with Gasteiger partial charge in [0.15, 0.2) is 5.75 Å². The van der Waals surface area contributed by atoms with Crippen molar-refractivity contribution in [3.8, 4) is 11.5 Å². The number of nitrogens with one attached hydrogen (secondary N) is 1. The van der Waals surface area contributed by atoms with E-state index in [2.05, 4.69) is 15.2 Å². The van der Waals surface area contributed by atoms with E-state index in [4.69, 9.17) is 16.3 Å². The number of piperazine rings is 1. The van der Waals surface area contributed by atoms with Gasteiger partial charge in [0.2, 0.25) is 0 Å². The van der Waals surface area contributed by atoms with E-state index in [1.165, 1.54) is 0 Å². The van der Waals surface area contributed by atoms with Gasteiger partial charge in [-0.05, 0) is 18.2 Å². The molecule has 2 aromatic rings. The number of aromatic nitrogens is 1. The molecule has 1 aliphatic heterocycles. The summed E-state index contributed by atoms with van der Waals surface area (Å²) in [5, 5.41) is 3.94. The van der Waals surface area contributed by atoms with E-state index in [-0.39, 0.29) is 0 Å². The molecule has 3 rings (SSSR count). The van der Waals surface area contributed by atoms with Crippen LogP contribution in [0.25, 0.3) is 0 Å². The number of anilines is 1. The molecule has 0 saturated carbocycles. The van der Waals surface area contributed by atoms with Gasteiger partial charge in [0.05, 0.1) is 16.9 Å². The lowest BCUT2D eigenvalue weighted by Gasteiger charge is -2.30. The van der Waals surface area contributed by atoms with Crippen LogP contribution in [-0.2, 0) is 0 Å². The molecule has 0 aliphatic carbocycles. The maximum Gasteiger partial charge on any atom is 0.169 e. The minimum absolute atomic E-state index is 0.600. The summed E-state index contributed by atoms with van der Waals surface area (Å²) in [6.45, 7) is 3.88. The van der Waals surface area contributed by atoms with Crippen LogP contribution >= 0.6 is 11.6 Å². The first-order valence-corrected chi connectivity index (χ1v) is 7.04. The number of rotatable bonds is 3. The topological polar surface area (TPSA) is 37.4 Å². The van der Waals surface area contributed by atoms with Gasteiger partial charge in [-0.3, -0.25) is 4.98 Å². The highest BCUT2D eigenvalue weighted by atomic mass is 35.5. The third-order valence-electron chi connectivity index (χ3n) is 3.28. The Bertz CT molecular complexity index is 585. The Balaban J connectivity index is 1.88. The lowest BCUT2D eigenvalue weighted by molar-refractivity contribution is 0.476. The third-order valence-corrected chi connectivity index (χ3v) is 3.59. The molecular formula is C15H16ClN3O. The Morgan fingerprint density at radius 2 is 1.90 bits per heavy atom. The molecule has 104 valence electrons. The molecular weight excluding hydrogens is 274 g/mol. The Labute approximate surface area is 123 Å². The fourth-order valence-electron chi connectivity index (χ4n) is 2.26. The van der Waals surface area contributed by atoms with Crippen LogP contribution in [-0.4, -0.2) is 31.2 Å². The molecule has 5 heteroatoms. The molecule has 4 nitrogen and oxygen atoms in total. The molecule has 1 N–H and O–H groups in total. The number of pyridine rings is 1. The number of hydrogen-bond acceptors (Lipinski definition) is 4. The van der Waals surface area contributed by atoms with Crippen LogP contribution in [0.4, 0.5) is 5.69 Å². The second kappa shape index (κ2) is 6.11. The highest BCUT2D eigenvalue weighted by molar-refractivity contribution is 6.32. The molecule has 1 saturated heterocycles. The Morgan fingerprint density at radius 3 is 2.70 bits per heavy atom. The van der Waals surface area contributed by atoms with Crippen molar-refractivity contribution in [3.05, 3.63) is 47.7 Å². The number of para-hydroxylation sites is 1. The molecule has 1 aromatic heterocycles. The predicted molar refractivity (Wildman–Crippen MR) is 80.8 cm³/mol. The third kappa shape index (κ3) is 2.86. The van der Waals surface area contributed by atoms with Crippen LogP contribution in [0.5, 0.6) is 11.5 Å². The minimum Gasteiger partial charge on any atom is -0.452 e. The van der Waals surface area contributed by atoms with Crippen molar-refractivity contribution in [1.29, 1.82) is 0 Å². The quantitative estimate of drug-likeness (QED) is 0.943. The molecule has 0 bridgehead atoms. The lowest BCUT2D eigenvalue weighted by atomic mass is 10.2. The van der Waals surface area contributed by atoms with Gasteiger partial charge in [-0.2, -0.15) is 0 Å². The van der Waals surface area contributed by atoms with E-state index in [9.17, 15) is 0 Å². The largest absolute Gasteiger partial charge is 0.452 e. The molecule has 0 spiro atoms. The normalized spacial score (nSPS) is 15.2. The van der Waals surface area contributed by atoms with Gasteiger partial charge in [-0.15, -0.1) is 0 Å². The highest BCUT2D eigenvalue weighted by Crippen LogP contribution is 2.34. The molecule has 0 atom stereocenters. The van der Waals surface area contributed by atoms with Crippen LogP contribution in [0, 0.1) is 0 Å². The lowest BCUT2D eigenvalue weighted by Crippen LogP contribution is -2.43. The summed E-state index contributed by atoms with van der Waals surface area (Å²) in [5.74, 6) is 1.39. The van der Waals surface area contributed by atoms with E-state index in [1.807, 2.05) is 30.3 Å². The number of halogens is 1. The van der Waals surface area contributed by atoms with Gasteiger partial charge in [0.25, 0.3) is 0 Å². The molecule has 0 radical (unpaired) electrons. The zero-order chi connectivity index (χ0) is 13.8. The highest BCUT2D eigenvalue weighted by Gasteiger charge is 2.16. The van der Waals surface area contributed by atoms with Crippen molar-refractivity contribution in [2.24, 2.45) is 0 Å². The minimum atomic E-state index is 0.600. The van der Waals surface area contributed by atoms with Crippen molar-refractivity contribution in [2.75, 3.05) is 31.1 Å². The van der Waals surface area contributed by atoms with E-state index in [0.29, 0.717) is 10.8 Å². The van der Waals surface area contributed by atoms with E-state index < -0.39 is 0 Å². The standard InChI is InChI=1S/C15H16ClN3O/c16-12-3-1-2-4-14(12)20-15-11-18-6-5-13(15)19-9-7-17-8-10-19/h1-6,11,17H,7-10H2. The summed E-state index contributed by atoms with van der Waals surface area (Å²) >= 11 is 6.14. The average molecular weight is 290 g/mol. The maximum atomic E-state index is 6.14. The predicted octanol–water partition coefficient (Wildman–Crippen LogP) is 2.94. The zero-order valence-electron chi connectivity index (χ0n) is 11.1. The summed E-state index contributed by atoms with van der Waals surface area (Å²) in [4.78, 5) is 6.45. The SMILES string of the molecule is Clc1ccccc1Oc1cnccc1N1CCNCC1. The number of nitrogens with zero attached hydrogens (tertiary/aromatic N) is 2. The summed E-state index contributed by atoms with van der Waals surface area (Å²) < 4.78 is 5.94. The first kappa shape index (κ1) is 13.2. The first-order valence-electron chi connectivity index (χ1n) is 6.66. The maximum absolute atomic E-state index is 6.14. The summed E-state index contributed by atoms with van der Waals surface area (Å²) in [6, 6.07) is 9.45. The van der Waals surface area contributed by atoms with Crippen molar-refractivity contribution in [3.63, 3.8) is 0 Å². The van der Waals surface area contributed by atoms with Crippen molar-refractivity contribution >= 4 is 17.3 Å². The molecule has 20 heavy (non-hydrogen) atoms. The van der Waals surface area contributed by atoms with Gasteiger partial charge in [0.1, 0.15) is 5.75 Å². The van der Waals surface area contributed by atoms with Crippen molar-refractivity contribution < 1.29 is 4.74 Å². The molecule has 2 heterocycles. The van der Waals surface area contributed by atoms with Crippen LogP contribution in [0.2, 0.25) is 5.02 Å². The second-order valence-corrected chi connectivity index (χ2v) is 5.02. The van der Waals surface area contributed by atoms with Gasteiger partial charge in [-0.25, -0.2) is 0 Å². The smallest absolute Gasteiger partial charge is 0.169 e. The Hall–Kier alpha value is -1.78. The summed E-state index contributed by atoms with van der Waals surface area (Å²) in [7, 11) is 0. The Kier molecular flexibility index (Phi) is 4.04. The van der Waals surface area contributed by atoms with Gasteiger partial charge >= 0.3 is 0 Å². The van der Waals surface area contributed by atoms with E-state index in [1.54, 1.807) is 12.4 Å². The number of benzene rings is 1. The molecule has 0 unspecified atom stereocenters. The fraction of sp³-hybridized carbons (Fsp3) is 0.267. The van der Waals surface area contributed by atoms with Crippen LogP contribution in [0.15, 0.2) is 42.7 Å². The zero-order valence-corrected chi connectivity index (χ0v) is 11.8. The monoisotopic (exact) mass is 289 g/mol. The average Bonchev–Trinajstić information content (AvgIpc) is 2.51. The molecule has 1 aromatic carbocycles. The van der Waals surface area contributed by atoms with Crippen LogP contribution in [0.3, 0.4) is 0 Å². The van der Waals surface area contributed by atoms with Crippen molar-refractivity contribution in [2.45, 2.75) is 0 Å². The van der Waals surface area contributed by atoms with Gasteiger partial charge in [0, 0.05) is 32.4 Å². The van der Waals surface area contributed by atoms with Crippen molar-refractivity contribution in [1.82, 2.24) is 10.3 Å². The molecule has 1 fully saturated rings. The fourth-order valence-corrected chi connectivity index (χ4v) is 2.44. The Morgan fingerprint density at radius 1 is 1.10 bits per heavy atom. The summed E-state index contributed by atoms with van der Waals surface area (Å²) in [5.41, 5.74) is 1.06. The number of ether oxygens (including phenoxy) is 1. The van der Waals surface area contributed by atoms with E-state index >= 15 is 0 Å². The van der Waals surface area contributed by atoms with Crippen LogP contribution < -0.4 is 15.0 Å². The van der Waals surface area contributed by atoms with Gasteiger partial charge in [-0.1, -0.05) is 23.7 Å². The molecule has 0 amide bonds. The number of hydrogen-bond donors (Lipinski definition) is 1. The van der Waals surface area contributed by atoms with Crippen LogP contribution in [0.1, 0.15) is 0 Å².